The van der Waals surface area contributed by atoms with Gasteiger partial charge in [0.2, 0.25) is 0 Å². The molecule has 3 aromatic rings. The van der Waals surface area contributed by atoms with Gasteiger partial charge in [-0.1, -0.05) is 47.5 Å². The lowest BCUT2D eigenvalue weighted by atomic mass is 10.1. The van der Waals surface area contributed by atoms with Crippen molar-refractivity contribution in [3.05, 3.63) is 105 Å². The van der Waals surface area contributed by atoms with Crippen molar-refractivity contribution >= 4 is 46.6 Å². The molecule has 1 aliphatic heterocycles. The number of anilines is 1. The maximum absolute atomic E-state index is 12.8. The van der Waals surface area contributed by atoms with Crippen LogP contribution in [0.5, 0.6) is 5.75 Å². The van der Waals surface area contributed by atoms with Crippen molar-refractivity contribution in [2.24, 2.45) is 0 Å². The highest BCUT2D eigenvalue weighted by molar-refractivity contribution is 6.47. The van der Waals surface area contributed by atoms with E-state index < -0.39 is 11.8 Å². The molecule has 1 heterocycles. The molecule has 2 N–H and O–H groups in total. The van der Waals surface area contributed by atoms with E-state index in [1.54, 1.807) is 72.8 Å². The summed E-state index contributed by atoms with van der Waals surface area (Å²) in [4.78, 5) is 39.1. The number of nitrogens with zero attached hydrogens (tertiary/aromatic N) is 1. The van der Waals surface area contributed by atoms with Gasteiger partial charge in [0.05, 0.1) is 12.6 Å². The standard InChI is InChI=1S/C28H25Cl2N3O4/c1-17(2)37-23-13-11-22(12-14-23)32-26(34)20-7-3-18(4-8-20)15-31-25-24(30)27(35)33(28(25)36)16-19-5-9-21(29)10-6-19/h3-14,17,31H,15-16H2,1-2H3,(H,32,34). The second kappa shape index (κ2) is 11.5. The minimum atomic E-state index is -0.556. The van der Waals surface area contributed by atoms with E-state index in [1.807, 2.05) is 13.8 Å². The molecule has 1 aliphatic rings. The van der Waals surface area contributed by atoms with Crippen LogP contribution in [0.4, 0.5) is 5.69 Å². The summed E-state index contributed by atoms with van der Waals surface area (Å²) in [6, 6.07) is 20.9. The van der Waals surface area contributed by atoms with Crippen LogP contribution in [0.25, 0.3) is 0 Å². The van der Waals surface area contributed by atoms with Gasteiger partial charge in [-0.3, -0.25) is 19.3 Å². The number of nitrogens with one attached hydrogen (secondary N) is 2. The number of hydrogen-bond donors (Lipinski definition) is 2. The minimum absolute atomic E-state index is 0.0485. The number of carbonyl (C=O) groups is 3. The molecule has 0 aliphatic carbocycles. The third-order valence-electron chi connectivity index (χ3n) is 5.53. The summed E-state index contributed by atoms with van der Waals surface area (Å²) in [6.07, 6.45) is 0.0707. The Kier molecular flexibility index (Phi) is 8.16. The van der Waals surface area contributed by atoms with Crippen molar-refractivity contribution in [2.45, 2.75) is 33.0 Å². The molecule has 3 aromatic carbocycles. The smallest absolute Gasteiger partial charge is 0.278 e. The first kappa shape index (κ1) is 26.3. The summed E-state index contributed by atoms with van der Waals surface area (Å²) in [5.41, 5.74) is 2.74. The molecular weight excluding hydrogens is 513 g/mol. The number of hydrogen-bond acceptors (Lipinski definition) is 5. The molecule has 0 unspecified atom stereocenters. The average Bonchev–Trinajstić information content (AvgIpc) is 3.08. The van der Waals surface area contributed by atoms with Crippen molar-refractivity contribution in [1.82, 2.24) is 10.2 Å². The van der Waals surface area contributed by atoms with Gasteiger partial charge in [0.25, 0.3) is 17.7 Å². The zero-order chi connectivity index (χ0) is 26.5. The summed E-state index contributed by atoms with van der Waals surface area (Å²) in [6.45, 7) is 4.23. The van der Waals surface area contributed by atoms with Gasteiger partial charge in [0.1, 0.15) is 16.5 Å². The first-order chi connectivity index (χ1) is 17.7. The zero-order valence-corrected chi connectivity index (χ0v) is 21.8. The van der Waals surface area contributed by atoms with Crippen LogP contribution in [0.1, 0.15) is 35.3 Å². The van der Waals surface area contributed by atoms with Crippen molar-refractivity contribution in [3.63, 3.8) is 0 Å². The molecular formula is C28H25Cl2N3O4. The molecule has 4 rings (SSSR count). The number of ether oxygens (including phenoxy) is 1. The number of benzene rings is 3. The SMILES string of the molecule is CC(C)Oc1ccc(NC(=O)c2ccc(CNC3=C(Cl)C(=O)N(Cc4ccc(Cl)cc4)C3=O)cc2)cc1. The van der Waals surface area contributed by atoms with Gasteiger partial charge < -0.3 is 15.4 Å². The molecule has 0 saturated carbocycles. The van der Waals surface area contributed by atoms with E-state index >= 15 is 0 Å². The summed E-state index contributed by atoms with van der Waals surface area (Å²) >= 11 is 12.1. The largest absolute Gasteiger partial charge is 0.491 e. The van der Waals surface area contributed by atoms with Crippen LogP contribution in [0.15, 0.2) is 83.5 Å². The quantitative estimate of drug-likeness (QED) is 0.352. The normalized spacial score (nSPS) is 13.4. The number of rotatable bonds is 9. The first-order valence-electron chi connectivity index (χ1n) is 11.6. The lowest BCUT2D eigenvalue weighted by Crippen LogP contribution is -2.33. The lowest BCUT2D eigenvalue weighted by molar-refractivity contribution is -0.138. The Hall–Kier alpha value is -3.81. The molecule has 9 heteroatoms. The van der Waals surface area contributed by atoms with Gasteiger partial charge in [-0.05, 0) is 73.5 Å². The van der Waals surface area contributed by atoms with E-state index in [0.717, 1.165) is 21.8 Å². The topological polar surface area (TPSA) is 87.7 Å². The third kappa shape index (κ3) is 6.50. The molecule has 3 amide bonds. The predicted octanol–water partition coefficient (Wildman–Crippen LogP) is 5.49. The monoisotopic (exact) mass is 537 g/mol. The molecule has 37 heavy (non-hydrogen) atoms. The fourth-order valence-corrected chi connectivity index (χ4v) is 4.05. The Morgan fingerprint density at radius 3 is 2.11 bits per heavy atom. The highest BCUT2D eigenvalue weighted by atomic mass is 35.5. The van der Waals surface area contributed by atoms with E-state index in [1.165, 1.54) is 0 Å². The summed E-state index contributed by atoms with van der Waals surface area (Å²) < 4.78 is 5.61. The first-order valence-corrected chi connectivity index (χ1v) is 12.4. The van der Waals surface area contributed by atoms with Crippen LogP contribution in [0, 0.1) is 0 Å². The van der Waals surface area contributed by atoms with E-state index in [0.29, 0.717) is 16.3 Å². The highest BCUT2D eigenvalue weighted by Crippen LogP contribution is 2.25. The molecule has 0 spiro atoms. The predicted molar refractivity (Wildman–Crippen MR) is 143 cm³/mol. The minimum Gasteiger partial charge on any atom is -0.491 e. The second-order valence-corrected chi connectivity index (χ2v) is 9.52. The number of imide groups is 1. The fourth-order valence-electron chi connectivity index (χ4n) is 3.67. The Morgan fingerprint density at radius 2 is 1.49 bits per heavy atom. The highest BCUT2D eigenvalue weighted by Gasteiger charge is 2.37. The summed E-state index contributed by atoms with van der Waals surface area (Å²) in [5, 5.41) is 6.22. The van der Waals surface area contributed by atoms with E-state index in [4.69, 9.17) is 27.9 Å². The Bertz CT molecular complexity index is 1340. The lowest BCUT2D eigenvalue weighted by Gasteiger charge is -2.15. The van der Waals surface area contributed by atoms with Crippen LogP contribution in [-0.2, 0) is 22.7 Å². The Morgan fingerprint density at radius 1 is 0.865 bits per heavy atom. The van der Waals surface area contributed by atoms with Gasteiger partial charge in [0.15, 0.2) is 0 Å². The average molecular weight is 538 g/mol. The van der Waals surface area contributed by atoms with Crippen LogP contribution < -0.4 is 15.4 Å². The maximum atomic E-state index is 12.8. The van der Waals surface area contributed by atoms with E-state index in [2.05, 4.69) is 10.6 Å². The van der Waals surface area contributed by atoms with Crippen LogP contribution in [-0.4, -0.2) is 28.7 Å². The van der Waals surface area contributed by atoms with Gasteiger partial charge in [0, 0.05) is 22.8 Å². The second-order valence-electron chi connectivity index (χ2n) is 8.71. The fraction of sp³-hybridized carbons (Fsp3) is 0.179. The zero-order valence-electron chi connectivity index (χ0n) is 20.3. The molecule has 0 bridgehead atoms. The number of carbonyl (C=O) groups excluding carboxylic acids is 3. The Balaban J connectivity index is 1.33. The van der Waals surface area contributed by atoms with Crippen LogP contribution in [0.3, 0.4) is 0 Å². The van der Waals surface area contributed by atoms with Gasteiger partial charge >= 0.3 is 0 Å². The molecule has 0 atom stereocenters. The molecule has 0 aromatic heterocycles. The van der Waals surface area contributed by atoms with Crippen LogP contribution in [0.2, 0.25) is 5.02 Å². The van der Waals surface area contributed by atoms with Crippen LogP contribution >= 0.6 is 23.2 Å². The molecule has 0 fully saturated rings. The third-order valence-corrected chi connectivity index (χ3v) is 6.14. The summed E-state index contributed by atoms with van der Waals surface area (Å²) in [7, 11) is 0. The van der Waals surface area contributed by atoms with Gasteiger partial charge in [-0.2, -0.15) is 0 Å². The molecule has 190 valence electrons. The molecule has 0 radical (unpaired) electrons. The van der Waals surface area contributed by atoms with Crippen molar-refractivity contribution in [2.75, 3.05) is 5.32 Å². The van der Waals surface area contributed by atoms with Crippen molar-refractivity contribution in [3.8, 4) is 5.75 Å². The van der Waals surface area contributed by atoms with Crippen molar-refractivity contribution in [1.29, 1.82) is 0 Å². The van der Waals surface area contributed by atoms with Gasteiger partial charge in [-0.25, -0.2) is 0 Å². The molecule has 0 saturated heterocycles. The van der Waals surface area contributed by atoms with Crippen molar-refractivity contribution < 1.29 is 19.1 Å². The van der Waals surface area contributed by atoms with Gasteiger partial charge in [-0.15, -0.1) is 0 Å². The maximum Gasteiger partial charge on any atom is 0.278 e. The molecule has 7 nitrogen and oxygen atoms in total. The Labute approximate surface area is 225 Å². The number of halogens is 2. The number of amides is 3. The summed E-state index contributed by atoms with van der Waals surface area (Å²) in [5.74, 6) is -0.571. The van der Waals surface area contributed by atoms with E-state index in [-0.39, 0.29) is 35.8 Å². The van der Waals surface area contributed by atoms with E-state index in [9.17, 15) is 14.4 Å².